The standard InChI is InChI=1S/C32H35N5O6S/c1-20(38)43-29-26(41-6)16-21(17-27(29)42-7)18-33-34-28(39)19-44-31-36-35-30(22-8-10-23(11-9-22)32(2,3)4)37(31)24-12-14-25(40-5)15-13-24/h8-18H,19H2,1-7H3,(H,34,39)/b33-18-. The van der Waals surface area contributed by atoms with Crippen molar-refractivity contribution < 1.29 is 28.5 Å². The van der Waals surface area contributed by atoms with Gasteiger partial charge in [-0.05, 0) is 47.4 Å². The minimum Gasteiger partial charge on any atom is -0.497 e. The van der Waals surface area contributed by atoms with E-state index in [2.05, 4.69) is 53.6 Å². The normalized spacial score (nSPS) is 11.3. The van der Waals surface area contributed by atoms with E-state index < -0.39 is 5.97 Å². The van der Waals surface area contributed by atoms with Crippen molar-refractivity contribution in [1.82, 2.24) is 20.2 Å². The van der Waals surface area contributed by atoms with Crippen LogP contribution in [0.2, 0.25) is 0 Å². The topological polar surface area (TPSA) is 126 Å². The molecule has 230 valence electrons. The predicted molar refractivity (Wildman–Crippen MR) is 169 cm³/mol. The Labute approximate surface area is 260 Å². The maximum atomic E-state index is 12.7. The van der Waals surface area contributed by atoms with Gasteiger partial charge in [-0.25, -0.2) is 5.43 Å². The third kappa shape index (κ3) is 7.75. The second-order valence-corrected chi connectivity index (χ2v) is 11.5. The summed E-state index contributed by atoms with van der Waals surface area (Å²) in [5.74, 6) is 1.27. The molecule has 1 aromatic heterocycles. The van der Waals surface area contributed by atoms with Crippen LogP contribution in [0.25, 0.3) is 17.1 Å². The number of hydrogen-bond acceptors (Lipinski definition) is 10. The smallest absolute Gasteiger partial charge is 0.308 e. The molecule has 0 aliphatic heterocycles. The molecule has 0 atom stereocenters. The molecule has 0 radical (unpaired) electrons. The van der Waals surface area contributed by atoms with Gasteiger partial charge in [0.2, 0.25) is 5.75 Å². The molecule has 3 aromatic carbocycles. The zero-order valence-electron chi connectivity index (χ0n) is 25.7. The Hall–Kier alpha value is -4.84. The summed E-state index contributed by atoms with van der Waals surface area (Å²) in [6.45, 7) is 7.79. The number of ether oxygens (including phenoxy) is 4. The molecule has 0 unspecified atom stereocenters. The van der Waals surface area contributed by atoms with Crippen molar-refractivity contribution in [2.24, 2.45) is 5.10 Å². The molecular weight excluding hydrogens is 582 g/mol. The summed E-state index contributed by atoms with van der Waals surface area (Å²) < 4.78 is 23.1. The van der Waals surface area contributed by atoms with Crippen LogP contribution in [0.15, 0.2) is 70.9 Å². The van der Waals surface area contributed by atoms with Gasteiger partial charge in [-0.3, -0.25) is 14.2 Å². The lowest BCUT2D eigenvalue weighted by atomic mass is 9.87. The maximum Gasteiger partial charge on any atom is 0.308 e. The molecule has 4 aromatic rings. The van der Waals surface area contributed by atoms with Gasteiger partial charge in [0.1, 0.15) is 5.75 Å². The fraction of sp³-hybridized carbons (Fsp3) is 0.281. The van der Waals surface area contributed by atoms with Gasteiger partial charge in [0.15, 0.2) is 22.5 Å². The van der Waals surface area contributed by atoms with Crippen LogP contribution in [0.1, 0.15) is 38.8 Å². The van der Waals surface area contributed by atoms with Crippen molar-refractivity contribution in [2.75, 3.05) is 27.1 Å². The molecule has 44 heavy (non-hydrogen) atoms. The molecule has 1 N–H and O–H groups in total. The van der Waals surface area contributed by atoms with Gasteiger partial charge in [0, 0.05) is 23.7 Å². The van der Waals surface area contributed by atoms with Crippen LogP contribution in [0.5, 0.6) is 23.0 Å². The number of benzene rings is 3. The molecule has 0 spiro atoms. The summed E-state index contributed by atoms with van der Waals surface area (Å²) >= 11 is 1.23. The third-order valence-corrected chi connectivity index (χ3v) is 7.37. The summed E-state index contributed by atoms with van der Waals surface area (Å²) in [4.78, 5) is 24.2. The number of carbonyl (C=O) groups excluding carboxylic acids is 2. The molecule has 0 fully saturated rings. The fourth-order valence-corrected chi connectivity index (χ4v) is 4.94. The number of nitrogens with zero attached hydrogens (tertiary/aromatic N) is 4. The van der Waals surface area contributed by atoms with Crippen molar-refractivity contribution >= 4 is 29.9 Å². The van der Waals surface area contributed by atoms with E-state index in [0.717, 1.165) is 17.0 Å². The van der Waals surface area contributed by atoms with Gasteiger partial charge in [-0.1, -0.05) is 56.8 Å². The first-order chi connectivity index (χ1) is 21.0. The lowest BCUT2D eigenvalue weighted by Crippen LogP contribution is -2.20. The van der Waals surface area contributed by atoms with E-state index in [1.807, 2.05) is 41.0 Å². The SMILES string of the molecule is COc1ccc(-n2c(SCC(=O)N/N=C\c3cc(OC)c(OC(C)=O)c(OC)c3)nnc2-c2ccc(C(C)(C)C)cc2)cc1. The average Bonchev–Trinajstić information content (AvgIpc) is 3.43. The molecule has 12 heteroatoms. The minimum absolute atomic E-state index is 0.0184. The summed E-state index contributed by atoms with van der Waals surface area (Å²) in [6.07, 6.45) is 1.43. The molecule has 1 heterocycles. The van der Waals surface area contributed by atoms with Crippen molar-refractivity contribution in [3.63, 3.8) is 0 Å². The predicted octanol–water partition coefficient (Wildman–Crippen LogP) is 5.43. The first-order valence-corrected chi connectivity index (χ1v) is 14.6. The number of hydrazone groups is 1. The first-order valence-electron chi connectivity index (χ1n) is 13.6. The zero-order chi connectivity index (χ0) is 31.9. The zero-order valence-corrected chi connectivity index (χ0v) is 26.5. The highest BCUT2D eigenvalue weighted by molar-refractivity contribution is 7.99. The number of esters is 1. The molecule has 4 rings (SSSR count). The van der Waals surface area contributed by atoms with E-state index in [1.165, 1.54) is 44.7 Å². The highest BCUT2D eigenvalue weighted by Gasteiger charge is 2.20. The molecule has 0 saturated heterocycles. The summed E-state index contributed by atoms with van der Waals surface area (Å²) in [5.41, 5.74) is 6.03. The highest BCUT2D eigenvalue weighted by Crippen LogP contribution is 2.38. The van der Waals surface area contributed by atoms with Crippen LogP contribution in [-0.2, 0) is 15.0 Å². The molecule has 0 bridgehead atoms. The van der Waals surface area contributed by atoms with Crippen LogP contribution in [-0.4, -0.2) is 59.9 Å². The molecule has 0 aliphatic carbocycles. The number of hydrogen-bond donors (Lipinski definition) is 1. The van der Waals surface area contributed by atoms with Gasteiger partial charge in [0.25, 0.3) is 5.91 Å². The number of thioether (sulfide) groups is 1. The lowest BCUT2D eigenvalue weighted by Gasteiger charge is -2.19. The Morgan fingerprint density at radius 2 is 1.57 bits per heavy atom. The Morgan fingerprint density at radius 1 is 0.932 bits per heavy atom. The number of amides is 1. The van der Waals surface area contributed by atoms with E-state index in [4.69, 9.17) is 18.9 Å². The van der Waals surface area contributed by atoms with Gasteiger partial charge in [-0.15, -0.1) is 10.2 Å². The summed E-state index contributed by atoms with van der Waals surface area (Å²) in [5, 5.41) is 13.5. The van der Waals surface area contributed by atoms with E-state index in [-0.39, 0.29) is 34.3 Å². The van der Waals surface area contributed by atoms with Crippen molar-refractivity contribution in [3.8, 4) is 40.1 Å². The average molecular weight is 618 g/mol. The monoisotopic (exact) mass is 617 g/mol. The van der Waals surface area contributed by atoms with E-state index in [9.17, 15) is 9.59 Å². The molecule has 0 saturated carbocycles. The second kappa shape index (κ2) is 14.1. The van der Waals surface area contributed by atoms with E-state index in [0.29, 0.717) is 16.5 Å². The van der Waals surface area contributed by atoms with Crippen molar-refractivity contribution in [2.45, 2.75) is 38.3 Å². The summed E-state index contributed by atoms with van der Waals surface area (Å²) in [6, 6.07) is 19.0. The number of nitrogens with one attached hydrogen (secondary N) is 1. The maximum absolute atomic E-state index is 12.7. The number of carbonyl (C=O) groups is 2. The van der Waals surface area contributed by atoms with Crippen LogP contribution >= 0.6 is 11.8 Å². The highest BCUT2D eigenvalue weighted by atomic mass is 32.2. The second-order valence-electron chi connectivity index (χ2n) is 10.6. The van der Waals surface area contributed by atoms with Crippen LogP contribution in [0.4, 0.5) is 0 Å². The van der Waals surface area contributed by atoms with Crippen LogP contribution < -0.4 is 24.4 Å². The van der Waals surface area contributed by atoms with Crippen molar-refractivity contribution in [3.05, 3.63) is 71.8 Å². The Bertz CT molecular complexity index is 1620. The van der Waals surface area contributed by atoms with Gasteiger partial charge < -0.3 is 18.9 Å². The number of methoxy groups -OCH3 is 3. The van der Waals surface area contributed by atoms with Gasteiger partial charge >= 0.3 is 5.97 Å². The van der Waals surface area contributed by atoms with Gasteiger partial charge in [-0.2, -0.15) is 5.10 Å². The molecule has 1 amide bonds. The third-order valence-electron chi connectivity index (χ3n) is 6.44. The molecule has 11 nitrogen and oxygen atoms in total. The van der Waals surface area contributed by atoms with Crippen molar-refractivity contribution in [1.29, 1.82) is 0 Å². The Balaban J connectivity index is 1.52. The summed E-state index contributed by atoms with van der Waals surface area (Å²) in [7, 11) is 4.50. The Kier molecular flexibility index (Phi) is 10.3. The lowest BCUT2D eigenvalue weighted by molar-refractivity contribution is -0.132. The first kappa shape index (κ1) is 32.1. The molecular formula is C32H35N5O6S. The van der Waals surface area contributed by atoms with E-state index >= 15 is 0 Å². The molecule has 0 aliphatic rings. The number of rotatable bonds is 11. The van der Waals surface area contributed by atoms with Crippen LogP contribution in [0.3, 0.4) is 0 Å². The van der Waals surface area contributed by atoms with E-state index in [1.54, 1.807) is 19.2 Å². The fourth-order valence-electron chi connectivity index (χ4n) is 4.19. The quantitative estimate of drug-likeness (QED) is 0.0771. The minimum atomic E-state index is -0.513. The van der Waals surface area contributed by atoms with Crippen LogP contribution in [0, 0.1) is 0 Å². The largest absolute Gasteiger partial charge is 0.497 e. The van der Waals surface area contributed by atoms with Gasteiger partial charge in [0.05, 0.1) is 33.3 Å². The Morgan fingerprint density at radius 3 is 2.11 bits per heavy atom. The number of aromatic nitrogens is 3.